The molecule has 1 N–H and O–H groups in total. The van der Waals surface area contributed by atoms with Gasteiger partial charge in [-0.1, -0.05) is 6.92 Å². The molecule has 6 heteroatoms. The van der Waals surface area contributed by atoms with Crippen LogP contribution in [-0.4, -0.2) is 15.0 Å². The molecule has 114 valence electrons. The first-order valence-corrected chi connectivity index (χ1v) is 8.42. The van der Waals surface area contributed by atoms with E-state index in [1.165, 1.54) is 28.6 Å². The minimum Gasteiger partial charge on any atom is -0.446 e. The van der Waals surface area contributed by atoms with Crippen molar-refractivity contribution >= 4 is 27.4 Å². The van der Waals surface area contributed by atoms with Gasteiger partial charge < -0.3 is 9.73 Å². The molecule has 1 atom stereocenters. The third kappa shape index (κ3) is 2.27. The Hall–Kier alpha value is -1.95. The molecule has 0 bridgehead atoms. The molecule has 1 unspecified atom stereocenters. The Balaban J connectivity index is 1.70. The lowest BCUT2D eigenvalue weighted by molar-refractivity contribution is 0.508. The van der Waals surface area contributed by atoms with Gasteiger partial charge in [0.05, 0.1) is 17.6 Å². The minimum atomic E-state index is 0.596. The summed E-state index contributed by atoms with van der Waals surface area (Å²) in [5, 5.41) is 4.60. The molecular weight excluding hydrogens is 296 g/mol. The second kappa shape index (κ2) is 5.35. The van der Waals surface area contributed by atoms with Crippen LogP contribution in [-0.2, 0) is 19.4 Å². The standard InChI is InChI=1S/C16H18N4OS/c1-9-3-4-11-13(5-9)22-16-14(11)15(18-7-19-16)17-6-12-10(2)20-8-21-12/h7-9H,3-6H2,1-2H3,(H,17,18,19). The van der Waals surface area contributed by atoms with E-state index in [4.69, 9.17) is 4.42 Å². The normalized spacial score (nSPS) is 17.6. The molecule has 0 saturated heterocycles. The molecule has 0 saturated carbocycles. The number of aromatic nitrogens is 3. The van der Waals surface area contributed by atoms with Crippen LogP contribution in [0.3, 0.4) is 0 Å². The van der Waals surface area contributed by atoms with Crippen molar-refractivity contribution < 1.29 is 4.42 Å². The topological polar surface area (TPSA) is 63.8 Å². The van der Waals surface area contributed by atoms with E-state index in [-0.39, 0.29) is 0 Å². The van der Waals surface area contributed by atoms with E-state index < -0.39 is 0 Å². The molecule has 22 heavy (non-hydrogen) atoms. The number of hydrogen-bond acceptors (Lipinski definition) is 6. The van der Waals surface area contributed by atoms with Gasteiger partial charge in [-0.2, -0.15) is 0 Å². The van der Waals surface area contributed by atoms with Gasteiger partial charge in [-0.15, -0.1) is 11.3 Å². The molecule has 1 aliphatic rings. The zero-order valence-corrected chi connectivity index (χ0v) is 13.5. The highest BCUT2D eigenvalue weighted by atomic mass is 32.1. The molecule has 3 heterocycles. The number of oxazole rings is 1. The van der Waals surface area contributed by atoms with Crippen molar-refractivity contribution in [2.24, 2.45) is 5.92 Å². The predicted molar refractivity (Wildman–Crippen MR) is 87.2 cm³/mol. The average Bonchev–Trinajstić information content (AvgIpc) is 3.07. The summed E-state index contributed by atoms with van der Waals surface area (Å²) in [6, 6.07) is 0. The van der Waals surface area contributed by atoms with E-state index in [1.807, 2.05) is 18.3 Å². The Morgan fingerprint density at radius 1 is 1.36 bits per heavy atom. The maximum absolute atomic E-state index is 5.39. The largest absolute Gasteiger partial charge is 0.446 e. The minimum absolute atomic E-state index is 0.596. The molecule has 5 nitrogen and oxygen atoms in total. The Morgan fingerprint density at radius 2 is 2.27 bits per heavy atom. The van der Waals surface area contributed by atoms with Gasteiger partial charge >= 0.3 is 0 Å². The summed E-state index contributed by atoms with van der Waals surface area (Å²) in [5.74, 6) is 2.53. The van der Waals surface area contributed by atoms with Crippen molar-refractivity contribution in [3.05, 3.63) is 34.6 Å². The number of nitrogens with one attached hydrogen (secondary N) is 1. The molecule has 1 aliphatic carbocycles. The number of thiophene rings is 1. The predicted octanol–water partition coefficient (Wildman–Crippen LogP) is 3.72. The maximum atomic E-state index is 5.39. The monoisotopic (exact) mass is 314 g/mol. The lowest BCUT2D eigenvalue weighted by atomic mass is 9.89. The van der Waals surface area contributed by atoms with Crippen LogP contribution in [0.2, 0.25) is 0 Å². The Bertz CT molecular complexity index is 823. The summed E-state index contributed by atoms with van der Waals surface area (Å²) in [6.45, 7) is 4.87. The van der Waals surface area contributed by atoms with Crippen molar-refractivity contribution in [2.45, 2.75) is 39.7 Å². The van der Waals surface area contributed by atoms with Crippen LogP contribution in [0.25, 0.3) is 10.2 Å². The molecule has 0 aliphatic heterocycles. The van der Waals surface area contributed by atoms with E-state index in [0.717, 1.165) is 40.9 Å². The van der Waals surface area contributed by atoms with Crippen LogP contribution in [0.1, 0.15) is 35.2 Å². The van der Waals surface area contributed by atoms with Crippen LogP contribution in [0, 0.1) is 12.8 Å². The van der Waals surface area contributed by atoms with Crippen LogP contribution < -0.4 is 5.32 Å². The van der Waals surface area contributed by atoms with E-state index >= 15 is 0 Å². The highest BCUT2D eigenvalue weighted by Crippen LogP contribution is 2.39. The van der Waals surface area contributed by atoms with Crippen LogP contribution in [0.5, 0.6) is 0 Å². The third-order valence-corrected chi connectivity index (χ3v) is 5.52. The maximum Gasteiger partial charge on any atom is 0.181 e. The zero-order chi connectivity index (χ0) is 15.1. The van der Waals surface area contributed by atoms with Gasteiger partial charge in [-0.05, 0) is 37.7 Å². The SMILES string of the molecule is Cc1ncoc1CNc1ncnc2sc3c(c12)CCC(C)C3. The highest BCUT2D eigenvalue weighted by Gasteiger charge is 2.23. The summed E-state index contributed by atoms with van der Waals surface area (Å²) >= 11 is 1.82. The summed E-state index contributed by atoms with van der Waals surface area (Å²) < 4.78 is 5.39. The molecule has 0 spiro atoms. The average molecular weight is 314 g/mol. The summed E-state index contributed by atoms with van der Waals surface area (Å²) in [5.41, 5.74) is 2.36. The zero-order valence-electron chi connectivity index (χ0n) is 12.7. The second-order valence-electron chi connectivity index (χ2n) is 5.97. The first kappa shape index (κ1) is 13.7. The fourth-order valence-electron chi connectivity index (χ4n) is 3.07. The smallest absolute Gasteiger partial charge is 0.181 e. The van der Waals surface area contributed by atoms with Gasteiger partial charge in [-0.3, -0.25) is 0 Å². The van der Waals surface area contributed by atoms with Crippen LogP contribution in [0.4, 0.5) is 5.82 Å². The number of anilines is 1. The molecule has 3 aromatic heterocycles. The van der Waals surface area contributed by atoms with E-state index in [0.29, 0.717) is 6.54 Å². The fourth-order valence-corrected chi connectivity index (χ4v) is 4.42. The van der Waals surface area contributed by atoms with E-state index in [9.17, 15) is 0 Å². The third-order valence-electron chi connectivity index (χ3n) is 4.35. The lowest BCUT2D eigenvalue weighted by Crippen LogP contribution is -2.09. The van der Waals surface area contributed by atoms with Crippen molar-refractivity contribution in [3.63, 3.8) is 0 Å². The van der Waals surface area contributed by atoms with Crippen molar-refractivity contribution in [3.8, 4) is 0 Å². The fraction of sp³-hybridized carbons (Fsp3) is 0.438. The Morgan fingerprint density at radius 3 is 3.09 bits per heavy atom. The molecule has 3 aromatic rings. The number of hydrogen-bond donors (Lipinski definition) is 1. The number of rotatable bonds is 3. The number of aryl methyl sites for hydroxylation is 2. The second-order valence-corrected chi connectivity index (χ2v) is 7.05. The Labute approximate surface area is 132 Å². The van der Waals surface area contributed by atoms with Crippen molar-refractivity contribution in [1.29, 1.82) is 0 Å². The van der Waals surface area contributed by atoms with Gasteiger partial charge in [0.2, 0.25) is 0 Å². The molecule has 0 aromatic carbocycles. The number of nitrogens with zero attached hydrogens (tertiary/aromatic N) is 3. The Kier molecular flexibility index (Phi) is 3.33. The summed E-state index contributed by atoms with van der Waals surface area (Å²) in [4.78, 5) is 15.6. The molecule has 0 radical (unpaired) electrons. The van der Waals surface area contributed by atoms with Crippen molar-refractivity contribution in [1.82, 2.24) is 15.0 Å². The summed E-state index contributed by atoms with van der Waals surface area (Å²) in [7, 11) is 0. The molecule has 0 amide bonds. The molecule has 0 fully saturated rings. The van der Waals surface area contributed by atoms with Crippen molar-refractivity contribution in [2.75, 3.05) is 5.32 Å². The first-order chi connectivity index (χ1) is 10.7. The van der Waals surface area contributed by atoms with Gasteiger partial charge in [0.1, 0.15) is 22.7 Å². The molecule has 4 rings (SSSR count). The molecular formula is C16H18N4OS. The van der Waals surface area contributed by atoms with Gasteiger partial charge in [0.25, 0.3) is 0 Å². The summed E-state index contributed by atoms with van der Waals surface area (Å²) in [6.07, 6.45) is 6.66. The van der Waals surface area contributed by atoms with E-state index in [1.54, 1.807) is 6.33 Å². The first-order valence-electron chi connectivity index (χ1n) is 7.60. The van der Waals surface area contributed by atoms with Gasteiger partial charge in [-0.25, -0.2) is 15.0 Å². The quantitative estimate of drug-likeness (QED) is 0.798. The number of fused-ring (bicyclic) bond motifs is 3. The highest BCUT2D eigenvalue weighted by molar-refractivity contribution is 7.19. The van der Waals surface area contributed by atoms with E-state index in [2.05, 4.69) is 27.2 Å². The lowest BCUT2D eigenvalue weighted by Gasteiger charge is -2.18. The van der Waals surface area contributed by atoms with Crippen LogP contribution in [0.15, 0.2) is 17.1 Å². The van der Waals surface area contributed by atoms with Gasteiger partial charge in [0.15, 0.2) is 6.39 Å². The van der Waals surface area contributed by atoms with Gasteiger partial charge in [0, 0.05) is 4.88 Å². The van der Waals surface area contributed by atoms with Crippen LogP contribution >= 0.6 is 11.3 Å².